The zero-order valence-electron chi connectivity index (χ0n) is 17.3. The number of aromatic nitrogens is 1. The molecule has 1 amide bonds. The van der Waals surface area contributed by atoms with Crippen molar-refractivity contribution in [2.24, 2.45) is 0 Å². The molecule has 1 aliphatic heterocycles. The third-order valence-corrected chi connectivity index (χ3v) is 6.10. The van der Waals surface area contributed by atoms with Crippen LogP contribution in [0, 0.1) is 0 Å². The Labute approximate surface area is 181 Å². The molecule has 0 bridgehead atoms. The quantitative estimate of drug-likeness (QED) is 0.647. The molecule has 5 nitrogen and oxygen atoms in total. The molecule has 31 heavy (non-hydrogen) atoms. The number of benzene rings is 2. The monoisotopic (exact) mass is 409 g/mol. The highest BCUT2D eigenvalue weighted by Crippen LogP contribution is 2.47. The first-order chi connectivity index (χ1) is 15.1. The number of allylic oxidation sites excluding steroid dienone is 1. The minimum atomic E-state index is -0.512. The van der Waals surface area contributed by atoms with Crippen molar-refractivity contribution in [2.45, 2.75) is 31.7 Å². The number of anilines is 2. The van der Waals surface area contributed by atoms with Gasteiger partial charge >= 0.3 is 0 Å². The van der Waals surface area contributed by atoms with Crippen molar-refractivity contribution in [3.63, 3.8) is 0 Å². The third kappa shape index (κ3) is 3.42. The van der Waals surface area contributed by atoms with Crippen LogP contribution in [0.15, 0.2) is 90.4 Å². The topological polar surface area (TPSA) is 62.3 Å². The zero-order chi connectivity index (χ0) is 21.4. The number of hydrogen-bond acceptors (Lipinski definition) is 4. The van der Waals surface area contributed by atoms with E-state index in [0.29, 0.717) is 18.4 Å². The van der Waals surface area contributed by atoms with Crippen LogP contribution >= 0.6 is 0 Å². The summed E-state index contributed by atoms with van der Waals surface area (Å²) < 4.78 is 0. The Balaban J connectivity index is 1.71. The van der Waals surface area contributed by atoms with Gasteiger partial charge in [-0.15, -0.1) is 0 Å². The number of pyridine rings is 1. The van der Waals surface area contributed by atoms with Crippen LogP contribution in [0.1, 0.15) is 42.9 Å². The zero-order valence-corrected chi connectivity index (χ0v) is 17.3. The van der Waals surface area contributed by atoms with Gasteiger partial charge in [-0.25, -0.2) is 0 Å². The Bertz CT molecular complexity index is 1170. The van der Waals surface area contributed by atoms with E-state index >= 15 is 0 Å². The van der Waals surface area contributed by atoms with E-state index in [2.05, 4.69) is 22.4 Å². The van der Waals surface area contributed by atoms with Gasteiger partial charge in [0.25, 0.3) is 0 Å². The van der Waals surface area contributed by atoms with E-state index in [1.165, 1.54) is 0 Å². The fourth-order valence-corrected chi connectivity index (χ4v) is 4.75. The van der Waals surface area contributed by atoms with Crippen LogP contribution in [0.25, 0.3) is 0 Å². The minimum Gasteiger partial charge on any atom is -0.357 e. The molecule has 2 heterocycles. The smallest absolute Gasteiger partial charge is 0.224 e. The van der Waals surface area contributed by atoms with Crippen molar-refractivity contribution in [3.05, 3.63) is 102 Å². The van der Waals surface area contributed by atoms with Gasteiger partial charge in [-0.1, -0.05) is 48.5 Å². The summed E-state index contributed by atoms with van der Waals surface area (Å²) in [5, 5.41) is 3.52. The number of nitrogens with one attached hydrogen (secondary N) is 1. The molecule has 0 radical (unpaired) electrons. The highest BCUT2D eigenvalue weighted by Gasteiger charge is 2.40. The van der Waals surface area contributed by atoms with E-state index in [-0.39, 0.29) is 17.6 Å². The maximum absolute atomic E-state index is 13.6. The lowest BCUT2D eigenvalue weighted by Gasteiger charge is -2.34. The second-order valence-electron chi connectivity index (χ2n) is 8.05. The first-order valence-corrected chi connectivity index (χ1v) is 10.5. The predicted octanol–water partition coefficient (Wildman–Crippen LogP) is 5.00. The third-order valence-electron chi connectivity index (χ3n) is 6.10. The Morgan fingerprint density at radius 3 is 2.45 bits per heavy atom. The van der Waals surface area contributed by atoms with Gasteiger partial charge < -0.3 is 5.32 Å². The number of rotatable bonds is 2. The molecule has 1 aliphatic carbocycles. The Morgan fingerprint density at radius 2 is 1.71 bits per heavy atom. The van der Waals surface area contributed by atoms with Crippen LogP contribution in [0.3, 0.4) is 0 Å². The summed E-state index contributed by atoms with van der Waals surface area (Å²) in [7, 11) is 0. The molecule has 1 N–H and O–H groups in total. The number of para-hydroxylation sites is 2. The number of amides is 1. The fraction of sp³-hybridized carbons (Fsp3) is 0.192. The average molecular weight is 409 g/mol. The summed E-state index contributed by atoms with van der Waals surface area (Å²) in [4.78, 5) is 32.5. The van der Waals surface area contributed by atoms with E-state index in [1.54, 1.807) is 24.2 Å². The highest BCUT2D eigenvalue weighted by molar-refractivity contribution is 6.05. The molecule has 2 atom stereocenters. The van der Waals surface area contributed by atoms with Gasteiger partial charge in [0.1, 0.15) is 0 Å². The number of carbonyl (C=O) groups is 2. The number of ketones is 1. The lowest BCUT2D eigenvalue weighted by Crippen LogP contribution is -2.37. The maximum Gasteiger partial charge on any atom is 0.224 e. The van der Waals surface area contributed by atoms with Gasteiger partial charge in [0.2, 0.25) is 5.91 Å². The minimum absolute atomic E-state index is 0.0653. The molecule has 0 saturated carbocycles. The van der Waals surface area contributed by atoms with Crippen molar-refractivity contribution in [1.82, 2.24) is 4.98 Å². The van der Waals surface area contributed by atoms with E-state index in [1.807, 2.05) is 54.6 Å². The van der Waals surface area contributed by atoms with Crippen molar-refractivity contribution in [1.29, 1.82) is 0 Å². The molecular weight excluding hydrogens is 386 g/mol. The van der Waals surface area contributed by atoms with Gasteiger partial charge in [-0.2, -0.15) is 0 Å². The lowest BCUT2D eigenvalue weighted by atomic mass is 9.78. The first-order valence-electron chi connectivity index (χ1n) is 10.5. The van der Waals surface area contributed by atoms with Gasteiger partial charge in [0.15, 0.2) is 5.78 Å². The Hall–Kier alpha value is -3.73. The maximum atomic E-state index is 13.6. The summed E-state index contributed by atoms with van der Waals surface area (Å²) in [6.45, 7) is 1.55. The molecule has 2 aromatic carbocycles. The largest absolute Gasteiger partial charge is 0.357 e. The molecule has 0 unspecified atom stereocenters. The van der Waals surface area contributed by atoms with E-state index in [9.17, 15) is 9.59 Å². The summed E-state index contributed by atoms with van der Waals surface area (Å²) in [6, 6.07) is 21.2. The SMILES string of the molecule is CC(=O)N1c2ccccc2NC2=C(C(=O)C[C@H](c3ccccc3)C2)[C@H]1c1cccnc1. The summed E-state index contributed by atoms with van der Waals surface area (Å²) in [6.07, 6.45) is 4.58. The van der Waals surface area contributed by atoms with Crippen LogP contribution < -0.4 is 10.2 Å². The van der Waals surface area contributed by atoms with Crippen molar-refractivity contribution >= 4 is 23.1 Å². The van der Waals surface area contributed by atoms with Gasteiger partial charge in [0.05, 0.1) is 17.4 Å². The lowest BCUT2D eigenvalue weighted by molar-refractivity contribution is -0.117. The van der Waals surface area contributed by atoms with Crippen LogP contribution in [-0.4, -0.2) is 16.7 Å². The summed E-state index contributed by atoms with van der Waals surface area (Å²) >= 11 is 0. The molecular formula is C26H23N3O2. The molecule has 5 heteroatoms. The Kier molecular flexibility index (Phi) is 4.86. The van der Waals surface area contributed by atoms with Crippen molar-refractivity contribution < 1.29 is 9.59 Å². The molecule has 3 aromatic rings. The van der Waals surface area contributed by atoms with Gasteiger partial charge in [0, 0.05) is 37.0 Å². The van der Waals surface area contributed by atoms with E-state index in [4.69, 9.17) is 0 Å². The number of Topliss-reactive ketones (excluding diaryl/α,β-unsaturated/α-hetero) is 1. The molecule has 0 spiro atoms. The van der Waals surface area contributed by atoms with Crippen LogP contribution in [0.5, 0.6) is 0 Å². The van der Waals surface area contributed by atoms with E-state index < -0.39 is 6.04 Å². The highest BCUT2D eigenvalue weighted by atomic mass is 16.2. The normalized spacial score (nSPS) is 20.4. The molecule has 5 rings (SSSR count). The second kappa shape index (κ2) is 7.84. The summed E-state index contributed by atoms with van der Waals surface area (Å²) in [5.41, 5.74) is 5.13. The number of nitrogens with zero attached hydrogens (tertiary/aromatic N) is 2. The number of fused-ring (bicyclic) bond motifs is 1. The Morgan fingerprint density at radius 1 is 0.968 bits per heavy atom. The molecule has 2 aliphatic rings. The molecule has 154 valence electrons. The second-order valence-corrected chi connectivity index (χ2v) is 8.05. The molecule has 1 aromatic heterocycles. The van der Waals surface area contributed by atoms with E-state index in [0.717, 1.165) is 28.2 Å². The fourth-order valence-electron chi connectivity index (χ4n) is 4.75. The van der Waals surface area contributed by atoms with Gasteiger partial charge in [-0.05, 0) is 41.7 Å². The van der Waals surface area contributed by atoms with Crippen LogP contribution in [-0.2, 0) is 9.59 Å². The predicted molar refractivity (Wildman–Crippen MR) is 121 cm³/mol. The average Bonchev–Trinajstić information content (AvgIpc) is 2.95. The first kappa shape index (κ1) is 19.2. The van der Waals surface area contributed by atoms with Crippen LogP contribution in [0.4, 0.5) is 11.4 Å². The summed E-state index contributed by atoms with van der Waals surface area (Å²) in [5.74, 6) is 0.0517. The number of carbonyl (C=O) groups excluding carboxylic acids is 2. The van der Waals surface area contributed by atoms with Crippen molar-refractivity contribution in [3.8, 4) is 0 Å². The van der Waals surface area contributed by atoms with Gasteiger partial charge in [-0.3, -0.25) is 19.5 Å². The number of hydrogen-bond donors (Lipinski definition) is 1. The van der Waals surface area contributed by atoms with Crippen molar-refractivity contribution in [2.75, 3.05) is 10.2 Å². The standard InChI is InChI=1S/C26H23N3O2/c1-17(30)29-23-12-6-5-11-21(23)28-22-14-20(18-8-3-2-4-9-18)15-24(31)25(22)26(29)19-10-7-13-27-16-19/h2-13,16,20,26,28H,14-15H2,1H3/t20-,26-/m1/s1. The molecule has 0 saturated heterocycles. The van der Waals surface area contributed by atoms with Crippen LogP contribution in [0.2, 0.25) is 0 Å². The molecule has 0 fully saturated rings.